The van der Waals surface area contributed by atoms with Crippen molar-refractivity contribution in [3.8, 4) is 0 Å². The highest BCUT2D eigenvalue weighted by molar-refractivity contribution is 4.73. The van der Waals surface area contributed by atoms with Crippen LogP contribution in [0, 0.1) is 11.8 Å². The molecule has 0 aliphatic carbocycles. The summed E-state index contributed by atoms with van der Waals surface area (Å²) < 4.78 is 5.80. The fourth-order valence-electron chi connectivity index (χ4n) is 1.86. The van der Waals surface area contributed by atoms with Gasteiger partial charge >= 0.3 is 0 Å². The molecular formula is C14H31NO2. The largest absolute Gasteiger partial charge is 0.389 e. The van der Waals surface area contributed by atoms with E-state index in [9.17, 15) is 5.11 Å². The molecule has 0 rings (SSSR count). The van der Waals surface area contributed by atoms with Gasteiger partial charge in [-0.25, -0.2) is 0 Å². The Balaban J connectivity index is 3.93. The van der Waals surface area contributed by atoms with Gasteiger partial charge in [-0.2, -0.15) is 0 Å². The third-order valence-corrected chi connectivity index (χ3v) is 2.66. The van der Waals surface area contributed by atoms with Gasteiger partial charge in [0.2, 0.25) is 0 Å². The van der Waals surface area contributed by atoms with E-state index in [1.807, 2.05) is 0 Å². The number of β-amino-alcohol motifs (C(OH)–C–C–N with tert-alkyl or cyclic N) is 1. The number of hydrogen-bond donors (Lipinski definition) is 2. The van der Waals surface area contributed by atoms with Gasteiger partial charge in [-0.3, -0.25) is 0 Å². The monoisotopic (exact) mass is 245 g/mol. The minimum absolute atomic E-state index is 0.0382. The van der Waals surface area contributed by atoms with E-state index in [2.05, 4.69) is 53.8 Å². The number of nitrogens with one attached hydrogen (secondary N) is 1. The van der Waals surface area contributed by atoms with E-state index in [-0.39, 0.29) is 11.6 Å². The van der Waals surface area contributed by atoms with Gasteiger partial charge in [-0.15, -0.1) is 0 Å². The van der Waals surface area contributed by atoms with E-state index in [4.69, 9.17) is 4.74 Å². The van der Waals surface area contributed by atoms with Crippen molar-refractivity contribution in [1.29, 1.82) is 0 Å². The second-order valence-electron chi connectivity index (χ2n) is 6.57. The van der Waals surface area contributed by atoms with Crippen LogP contribution in [0.4, 0.5) is 0 Å². The fraction of sp³-hybridized carbons (Fsp3) is 1.00. The standard InChI is InChI=1S/C14H31NO2/c1-10(2)13(11(3)4)17-9-12(16)8-15-14(5,6)7/h10-13,15-16H,8-9H2,1-7H3. The molecule has 0 saturated heterocycles. The van der Waals surface area contributed by atoms with E-state index in [1.165, 1.54) is 0 Å². The average Bonchev–Trinajstić information content (AvgIpc) is 2.12. The maximum absolute atomic E-state index is 9.84. The fourth-order valence-corrected chi connectivity index (χ4v) is 1.86. The smallest absolute Gasteiger partial charge is 0.0898 e. The van der Waals surface area contributed by atoms with Crippen molar-refractivity contribution in [3.63, 3.8) is 0 Å². The summed E-state index contributed by atoms with van der Waals surface area (Å²) in [7, 11) is 0. The Morgan fingerprint density at radius 3 is 1.88 bits per heavy atom. The minimum Gasteiger partial charge on any atom is -0.389 e. The Kier molecular flexibility index (Phi) is 7.29. The normalized spacial score (nSPS) is 15.0. The molecule has 0 aliphatic heterocycles. The van der Waals surface area contributed by atoms with Gasteiger partial charge in [-0.1, -0.05) is 27.7 Å². The molecule has 0 aromatic rings. The molecule has 0 aromatic heterocycles. The van der Waals surface area contributed by atoms with E-state index in [0.717, 1.165) is 0 Å². The lowest BCUT2D eigenvalue weighted by Crippen LogP contribution is -2.43. The first-order valence-electron chi connectivity index (χ1n) is 6.68. The number of ether oxygens (including phenoxy) is 1. The summed E-state index contributed by atoms with van der Waals surface area (Å²) in [5.41, 5.74) is 0.0382. The second-order valence-corrected chi connectivity index (χ2v) is 6.57. The first-order valence-corrected chi connectivity index (χ1v) is 6.68. The minimum atomic E-state index is -0.436. The Bertz CT molecular complexity index is 189. The van der Waals surface area contributed by atoms with Crippen LogP contribution >= 0.6 is 0 Å². The van der Waals surface area contributed by atoms with Crippen molar-refractivity contribution >= 4 is 0 Å². The van der Waals surface area contributed by atoms with Crippen LogP contribution < -0.4 is 5.32 Å². The molecule has 0 bridgehead atoms. The van der Waals surface area contributed by atoms with Crippen LogP contribution in [0.25, 0.3) is 0 Å². The SMILES string of the molecule is CC(C)C(OCC(O)CNC(C)(C)C)C(C)C. The zero-order chi connectivity index (χ0) is 13.6. The van der Waals surface area contributed by atoms with Crippen LogP contribution in [0.3, 0.4) is 0 Å². The van der Waals surface area contributed by atoms with Gasteiger partial charge in [0.25, 0.3) is 0 Å². The Morgan fingerprint density at radius 2 is 1.53 bits per heavy atom. The summed E-state index contributed by atoms with van der Waals surface area (Å²) in [5.74, 6) is 0.968. The molecule has 0 spiro atoms. The maximum Gasteiger partial charge on any atom is 0.0898 e. The van der Waals surface area contributed by atoms with Gasteiger partial charge in [0.15, 0.2) is 0 Å². The Labute approximate surface area is 107 Å². The van der Waals surface area contributed by atoms with Crippen molar-refractivity contribution in [3.05, 3.63) is 0 Å². The molecule has 1 unspecified atom stereocenters. The van der Waals surface area contributed by atoms with Crippen LogP contribution in [0.15, 0.2) is 0 Å². The van der Waals surface area contributed by atoms with Gasteiger partial charge in [0.1, 0.15) is 0 Å². The topological polar surface area (TPSA) is 41.5 Å². The van der Waals surface area contributed by atoms with Gasteiger partial charge in [0, 0.05) is 12.1 Å². The number of hydrogen-bond acceptors (Lipinski definition) is 3. The highest BCUT2D eigenvalue weighted by Gasteiger charge is 2.20. The van der Waals surface area contributed by atoms with E-state index < -0.39 is 6.10 Å². The third-order valence-electron chi connectivity index (χ3n) is 2.66. The molecular weight excluding hydrogens is 214 g/mol. The summed E-state index contributed by atoms with van der Waals surface area (Å²) in [6.07, 6.45) is -0.214. The van der Waals surface area contributed by atoms with Crippen molar-refractivity contribution in [2.24, 2.45) is 11.8 Å². The van der Waals surface area contributed by atoms with E-state index >= 15 is 0 Å². The van der Waals surface area contributed by atoms with Crippen molar-refractivity contribution in [2.45, 2.75) is 66.2 Å². The predicted octanol–water partition coefficient (Wildman–Crippen LogP) is 2.43. The summed E-state index contributed by atoms with van der Waals surface area (Å²) in [5, 5.41) is 13.1. The molecule has 0 heterocycles. The van der Waals surface area contributed by atoms with Crippen molar-refractivity contribution in [2.75, 3.05) is 13.2 Å². The zero-order valence-corrected chi connectivity index (χ0v) is 12.6. The van der Waals surface area contributed by atoms with Crippen molar-refractivity contribution < 1.29 is 9.84 Å². The molecule has 0 amide bonds. The molecule has 17 heavy (non-hydrogen) atoms. The third kappa shape index (κ3) is 8.58. The molecule has 104 valence electrons. The lowest BCUT2D eigenvalue weighted by Gasteiger charge is -2.28. The highest BCUT2D eigenvalue weighted by Crippen LogP contribution is 2.16. The summed E-state index contributed by atoms with van der Waals surface area (Å²) in [4.78, 5) is 0. The lowest BCUT2D eigenvalue weighted by atomic mass is 9.96. The molecule has 0 aromatic carbocycles. The molecule has 3 heteroatoms. The van der Waals surface area contributed by atoms with Gasteiger partial charge < -0.3 is 15.2 Å². The summed E-state index contributed by atoms with van der Waals surface area (Å²) in [6.45, 7) is 15.9. The average molecular weight is 245 g/mol. The van der Waals surface area contributed by atoms with Crippen LogP contribution in [-0.2, 0) is 4.74 Å². The van der Waals surface area contributed by atoms with Gasteiger partial charge in [-0.05, 0) is 32.6 Å². The molecule has 1 atom stereocenters. The molecule has 2 N–H and O–H groups in total. The number of rotatable bonds is 7. The van der Waals surface area contributed by atoms with Crippen LogP contribution in [-0.4, -0.2) is 36.0 Å². The molecule has 3 nitrogen and oxygen atoms in total. The van der Waals surface area contributed by atoms with Crippen LogP contribution in [0.2, 0.25) is 0 Å². The Hall–Kier alpha value is -0.120. The first kappa shape index (κ1) is 16.9. The second kappa shape index (κ2) is 7.34. The van der Waals surface area contributed by atoms with Crippen molar-refractivity contribution in [1.82, 2.24) is 5.32 Å². The number of aliphatic hydroxyl groups excluding tert-OH is 1. The number of aliphatic hydroxyl groups is 1. The first-order chi connectivity index (χ1) is 7.63. The van der Waals surface area contributed by atoms with Gasteiger partial charge in [0.05, 0.1) is 18.8 Å². The highest BCUT2D eigenvalue weighted by atomic mass is 16.5. The Morgan fingerprint density at radius 1 is 1.06 bits per heavy atom. The molecule has 0 saturated carbocycles. The molecule has 0 aliphatic rings. The van der Waals surface area contributed by atoms with Crippen LogP contribution in [0.5, 0.6) is 0 Å². The van der Waals surface area contributed by atoms with E-state index in [0.29, 0.717) is 25.0 Å². The summed E-state index contributed by atoms with van der Waals surface area (Å²) >= 11 is 0. The molecule has 0 radical (unpaired) electrons. The predicted molar refractivity (Wildman–Crippen MR) is 73.2 cm³/mol. The van der Waals surface area contributed by atoms with E-state index in [1.54, 1.807) is 0 Å². The quantitative estimate of drug-likeness (QED) is 0.724. The molecule has 0 fully saturated rings. The van der Waals surface area contributed by atoms with Crippen LogP contribution in [0.1, 0.15) is 48.5 Å². The summed E-state index contributed by atoms with van der Waals surface area (Å²) in [6, 6.07) is 0. The zero-order valence-electron chi connectivity index (χ0n) is 12.6. The lowest BCUT2D eigenvalue weighted by molar-refractivity contribution is -0.0492. The maximum atomic E-state index is 9.84.